The molecule has 2 aromatic carbocycles. The van der Waals surface area contributed by atoms with Crippen molar-refractivity contribution in [2.45, 2.75) is 18.6 Å². The van der Waals surface area contributed by atoms with Gasteiger partial charge >= 0.3 is 6.18 Å². The van der Waals surface area contributed by atoms with Crippen LogP contribution < -0.4 is 25.9 Å². The highest BCUT2D eigenvalue weighted by atomic mass is 32.1. The van der Waals surface area contributed by atoms with Crippen LogP contribution in [0.3, 0.4) is 0 Å². The molecule has 4 rings (SSSR count). The lowest BCUT2D eigenvalue weighted by Gasteiger charge is -2.38. The fourth-order valence-corrected chi connectivity index (χ4v) is 4.81. The number of thiocarbonyl (C=S) groups is 1. The lowest BCUT2D eigenvalue weighted by Crippen LogP contribution is -2.46. The van der Waals surface area contributed by atoms with Gasteiger partial charge in [-0.1, -0.05) is 6.07 Å². The summed E-state index contributed by atoms with van der Waals surface area (Å²) in [7, 11) is 4.20. The first-order valence-corrected chi connectivity index (χ1v) is 12.3. The fraction of sp³-hybridized carbons (Fsp3) is 0.440. The first-order valence-electron chi connectivity index (χ1n) is 11.9. The van der Waals surface area contributed by atoms with Crippen molar-refractivity contribution >= 4 is 40.6 Å². The number of rotatable bonds is 6. The van der Waals surface area contributed by atoms with E-state index in [0.29, 0.717) is 37.9 Å². The predicted octanol–water partition coefficient (Wildman–Crippen LogP) is 3.34. The molecule has 36 heavy (non-hydrogen) atoms. The van der Waals surface area contributed by atoms with Crippen LogP contribution in [0.2, 0.25) is 0 Å². The molecule has 2 fully saturated rings. The average Bonchev–Trinajstić information content (AvgIpc) is 3.34. The molecule has 0 aliphatic carbocycles. The van der Waals surface area contributed by atoms with Crippen LogP contribution in [0.1, 0.15) is 17.5 Å². The molecule has 0 saturated carbocycles. The number of halogens is 3. The second kappa shape index (κ2) is 10.9. The number of nitrogens with zero attached hydrogens (tertiary/aromatic N) is 5. The number of nitrogens with one attached hydrogen (secondary N) is 1. The van der Waals surface area contributed by atoms with Crippen molar-refractivity contribution in [2.75, 3.05) is 68.1 Å². The minimum absolute atomic E-state index is 0.108. The first-order chi connectivity index (χ1) is 17.1. The van der Waals surface area contributed by atoms with Gasteiger partial charge in [0.1, 0.15) is 0 Å². The van der Waals surface area contributed by atoms with Gasteiger partial charge in [0.25, 0.3) is 0 Å². The molecule has 0 bridgehead atoms. The van der Waals surface area contributed by atoms with E-state index in [1.807, 2.05) is 11.0 Å². The molecule has 0 amide bonds. The third-order valence-corrected chi connectivity index (χ3v) is 6.90. The molecule has 0 radical (unpaired) electrons. The van der Waals surface area contributed by atoms with Crippen molar-refractivity contribution in [3.05, 3.63) is 53.6 Å². The molecular formula is C25H32F3N7S. The number of nitrogens with two attached hydrogens (primary N) is 1. The highest BCUT2D eigenvalue weighted by Crippen LogP contribution is 2.33. The van der Waals surface area contributed by atoms with E-state index >= 15 is 0 Å². The van der Waals surface area contributed by atoms with E-state index in [1.165, 1.54) is 12.1 Å². The van der Waals surface area contributed by atoms with Gasteiger partial charge in [0, 0.05) is 67.9 Å². The zero-order valence-electron chi connectivity index (χ0n) is 20.5. The Kier molecular flexibility index (Phi) is 7.89. The Bertz CT molecular complexity index is 1100. The quantitative estimate of drug-likeness (QED) is 0.345. The van der Waals surface area contributed by atoms with Crippen molar-refractivity contribution in [2.24, 2.45) is 10.8 Å². The summed E-state index contributed by atoms with van der Waals surface area (Å²) in [6, 6.07) is 12.3. The molecular weight excluding hydrogens is 487 g/mol. The molecule has 0 unspecified atom stereocenters. The summed E-state index contributed by atoms with van der Waals surface area (Å²) in [5.74, 6) is 0. The van der Waals surface area contributed by atoms with Crippen LogP contribution in [-0.2, 0) is 6.18 Å². The molecule has 2 saturated heterocycles. The maximum absolute atomic E-state index is 13.1. The predicted molar refractivity (Wildman–Crippen MR) is 144 cm³/mol. The molecule has 2 aliphatic heterocycles. The number of hydrogen-bond acceptors (Lipinski definition) is 6. The molecule has 2 heterocycles. The SMILES string of the molecule is CN(C)[C@H]1CCN(c2cc(N3CCN(c4cccc(C(F)(F)F)c4)CC3)ccc2C=NNC(N)=S)C1. The molecule has 7 nitrogen and oxygen atoms in total. The number of hydrazone groups is 1. The van der Waals surface area contributed by atoms with Crippen molar-refractivity contribution in [1.29, 1.82) is 0 Å². The molecule has 2 aromatic rings. The summed E-state index contributed by atoms with van der Waals surface area (Å²) in [6.45, 7) is 4.58. The van der Waals surface area contributed by atoms with E-state index < -0.39 is 11.7 Å². The van der Waals surface area contributed by atoms with Crippen LogP contribution in [0.4, 0.5) is 30.2 Å². The van der Waals surface area contributed by atoms with Gasteiger partial charge in [-0.15, -0.1) is 0 Å². The minimum atomic E-state index is -4.34. The average molecular weight is 520 g/mol. The van der Waals surface area contributed by atoms with E-state index in [1.54, 1.807) is 12.3 Å². The van der Waals surface area contributed by atoms with Gasteiger partial charge in [-0.25, -0.2) is 0 Å². The highest BCUT2D eigenvalue weighted by molar-refractivity contribution is 7.80. The van der Waals surface area contributed by atoms with Crippen LogP contribution in [-0.4, -0.2) is 75.6 Å². The minimum Gasteiger partial charge on any atom is -0.375 e. The van der Waals surface area contributed by atoms with Gasteiger partial charge in [0.05, 0.1) is 11.8 Å². The zero-order valence-corrected chi connectivity index (χ0v) is 21.3. The Morgan fingerprint density at radius 3 is 2.28 bits per heavy atom. The van der Waals surface area contributed by atoms with Gasteiger partial charge in [0.15, 0.2) is 5.11 Å². The van der Waals surface area contributed by atoms with Crippen LogP contribution in [0.25, 0.3) is 0 Å². The molecule has 3 N–H and O–H groups in total. The molecule has 1 atom stereocenters. The van der Waals surface area contributed by atoms with Crippen molar-refractivity contribution in [3.8, 4) is 0 Å². The third kappa shape index (κ3) is 6.19. The fourth-order valence-electron chi connectivity index (χ4n) is 4.76. The zero-order chi connectivity index (χ0) is 25.9. The molecule has 0 spiro atoms. The molecule has 194 valence electrons. The number of hydrogen-bond donors (Lipinski definition) is 2. The van der Waals surface area contributed by atoms with Gasteiger partial charge in [-0.3, -0.25) is 5.43 Å². The Morgan fingerprint density at radius 1 is 1.03 bits per heavy atom. The Morgan fingerprint density at radius 2 is 1.69 bits per heavy atom. The van der Waals surface area contributed by atoms with Crippen molar-refractivity contribution < 1.29 is 13.2 Å². The summed E-state index contributed by atoms with van der Waals surface area (Å²) in [5.41, 5.74) is 11.2. The van der Waals surface area contributed by atoms with Crippen LogP contribution in [0.5, 0.6) is 0 Å². The van der Waals surface area contributed by atoms with E-state index in [2.05, 4.69) is 51.5 Å². The molecule has 0 aromatic heterocycles. The summed E-state index contributed by atoms with van der Waals surface area (Å²) >= 11 is 4.84. The van der Waals surface area contributed by atoms with Crippen LogP contribution >= 0.6 is 12.2 Å². The van der Waals surface area contributed by atoms with Crippen molar-refractivity contribution in [3.63, 3.8) is 0 Å². The standard InChI is InChI=1S/C25H32F3N7S/c1-32(2)22-8-9-35(17-22)23-15-21(7-6-18(23)16-30-31-24(29)36)34-12-10-33(11-13-34)20-5-3-4-19(14-20)25(26,27)28/h3-7,14-16,22H,8-13,17H2,1-2H3,(H3,29,31,36)/t22-/m0/s1. The maximum atomic E-state index is 13.1. The number of alkyl halides is 3. The summed E-state index contributed by atoms with van der Waals surface area (Å²) < 4.78 is 39.4. The summed E-state index contributed by atoms with van der Waals surface area (Å²) in [5, 5.41) is 4.27. The highest BCUT2D eigenvalue weighted by Gasteiger charge is 2.31. The lowest BCUT2D eigenvalue weighted by atomic mass is 10.1. The van der Waals surface area contributed by atoms with Crippen LogP contribution in [0.15, 0.2) is 47.6 Å². The number of piperazine rings is 1. The van der Waals surface area contributed by atoms with Gasteiger partial charge in [-0.2, -0.15) is 18.3 Å². The third-order valence-electron chi connectivity index (χ3n) is 6.81. The topological polar surface area (TPSA) is 63.4 Å². The van der Waals surface area contributed by atoms with E-state index in [-0.39, 0.29) is 5.11 Å². The Hall–Kier alpha value is -3.05. The van der Waals surface area contributed by atoms with E-state index in [0.717, 1.165) is 42.5 Å². The summed E-state index contributed by atoms with van der Waals surface area (Å²) in [6.07, 6.45) is -1.54. The monoisotopic (exact) mass is 519 g/mol. The van der Waals surface area contributed by atoms with E-state index in [9.17, 15) is 13.2 Å². The number of benzene rings is 2. The smallest absolute Gasteiger partial charge is 0.375 e. The van der Waals surface area contributed by atoms with Gasteiger partial charge < -0.3 is 25.3 Å². The molecule has 11 heteroatoms. The molecule has 2 aliphatic rings. The number of anilines is 3. The Balaban J connectivity index is 1.50. The van der Waals surface area contributed by atoms with E-state index in [4.69, 9.17) is 18.0 Å². The van der Waals surface area contributed by atoms with Gasteiger partial charge in [-0.05, 0) is 69.1 Å². The second-order valence-corrected chi connectivity index (χ2v) is 9.79. The summed E-state index contributed by atoms with van der Waals surface area (Å²) in [4.78, 5) is 8.91. The Labute approximate surface area is 215 Å². The maximum Gasteiger partial charge on any atom is 0.416 e. The van der Waals surface area contributed by atoms with Gasteiger partial charge in [0.2, 0.25) is 0 Å². The van der Waals surface area contributed by atoms with Crippen LogP contribution in [0, 0.1) is 0 Å². The second-order valence-electron chi connectivity index (χ2n) is 9.35. The number of likely N-dealkylation sites (N-methyl/N-ethyl adjacent to an activating group) is 1. The largest absolute Gasteiger partial charge is 0.416 e. The lowest BCUT2D eigenvalue weighted by molar-refractivity contribution is -0.137. The normalized spacial score (nSPS) is 18.9. The first kappa shape index (κ1) is 26.0. The van der Waals surface area contributed by atoms with Crippen molar-refractivity contribution in [1.82, 2.24) is 10.3 Å².